The number of fused-ring (bicyclic) bond motifs is 4. The molecule has 0 saturated heterocycles. The second kappa shape index (κ2) is 10.9. The second-order valence-electron chi connectivity index (χ2n) is 6.98. The van der Waals surface area contributed by atoms with Crippen LogP contribution in [0, 0.1) is 6.08 Å². The zero-order chi connectivity index (χ0) is 17.3. The summed E-state index contributed by atoms with van der Waals surface area (Å²) in [6.45, 7) is 0. The molecule has 0 fully saturated rings. The van der Waals surface area contributed by atoms with Crippen molar-refractivity contribution in [1.82, 2.24) is 0 Å². The number of halogens is 2. The third kappa shape index (κ3) is 4.70. The Bertz CT molecular complexity index is 1110. The molecule has 0 N–H and O–H groups in total. The van der Waals surface area contributed by atoms with Crippen LogP contribution in [-0.2, 0) is 39.0 Å². The molecule has 2 aliphatic carbocycles. The zero-order valence-corrected chi connectivity index (χ0v) is 20.9. The first-order chi connectivity index (χ1) is 12.9. The maximum absolute atomic E-state index is 2.99. The molecular formula is C25H21Cl2PZr. The van der Waals surface area contributed by atoms with Gasteiger partial charge in [0.05, 0.1) is 0 Å². The molecule has 0 radical (unpaired) electrons. The molecular weight excluding hydrogens is 493 g/mol. The first-order valence-corrected chi connectivity index (χ1v) is 10.7. The van der Waals surface area contributed by atoms with E-state index in [0.717, 1.165) is 6.42 Å². The Morgan fingerprint density at radius 2 is 1.72 bits per heavy atom. The van der Waals surface area contributed by atoms with Crippen molar-refractivity contribution >= 4 is 28.8 Å². The largest absolute Gasteiger partial charge is 4.00 e. The average molecular weight is 515 g/mol. The molecule has 2 aliphatic rings. The smallest absolute Gasteiger partial charge is 1.00 e. The zero-order valence-electron chi connectivity index (χ0n) is 16.0. The molecule has 4 heteroatoms. The molecule has 1 unspecified atom stereocenters. The molecule has 4 aromatic rings. The van der Waals surface area contributed by atoms with Crippen molar-refractivity contribution in [2.24, 2.45) is 0 Å². The van der Waals surface area contributed by atoms with Crippen LogP contribution in [0.3, 0.4) is 0 Å². The van der Waals surface area contributed by atoms with Crippen LogP contribution in [0.1, 0.15) is 23.7 Å². The Balaban J connectivity index is 0.000000333. The molecule has 144 valence electrons. The Hall–Kier alpha value is -0.967. The molecule has 0 nitrogen and oxygen atoms in total. The van der Waals surface area contributed by atoms with Gasteiger partial charge in [0, 0.05) is 5.12 Å². The number of benzene rings is 2. The number of hydrogen-bond donors (Lipinski definition) is 0. The van der Waals surface area contributed by atoms with Crippen molar-refractivity contribution in [2.45, 2.75) is 25.7 Å². The minimum atomic E-state index is -0.264. The van der Waals surface area contributed by atoms with Gasteiger partial charge in [-0.3, -0.25) is 6.08 Å². The summed E-state index contributed by atoms with van der Waals surface area (Å²) >= 11 is 0. The monoisotopic (exact) mass is 512 g/mol. The summed E-state index contributed by atoms with van der Waals surface area (Å²) in [7, 11) is -0.264. The van der Waals surface area contributed by atoms with Gasteiger partial charge >= 0.3 is 26.2 Å². The van der Waals surface area contributed by atoms with Crippen molar-refractivity contribution in [3.8, 4) is 5.30 Å². The maximum Gasteiger partial charge on any atom is 4.00 e. The second-order valence-corrected chi connectivity index (χ2v) is 9.19. The van der Waals surface area contributed by atoms with Crippen LogP contribution in [0.15, 0.2) is 78.9 Å². The van der Waals surface area contributed by atoms with E-state index in [1.54, 1.807) is 26.7 Å². The molecule has 3 aromatic carbocycles. The molecule has 0 spiro atoms. The van der Waals surface area contributed by atoms with E-state index in [2.05, 4.69) is 72.8 Å². The van der Waals surface area contributed by atoms with Gasteiger partial charge in [-0.25, -0.2) is 12.2 Å². The van der Waals surface area contributed by atoms with Gasteiger partial charge in [-0.15, -0.1) is 49.0 Å². The Labute approximate surface area is 205 Å². The standard InChI is InChI=1S/C20H16P.C5H5.2ClH.Zr/c1-2-7-15-13-16(12-14(15)6-1)21-19-10-4-3-8-17(19)18-9-5-11-20(18)21;1-2-4-5-3-1;;;/h1-4,6-8,10,12-13H,5,9,11H2;1-3H,4H2;2*1H;/q2*-1;;;+4/p-2. The van der Waals surface area contributed by atoms with E-state index >= 15 is 0 Å². The Kier molecular flexibility index (Phi) is 9.12. The van der Waals surface area contributed by atoms with Crippen LogP contribution in [0.5, 0.6) is 0 Å². The quantitative estimate of drug-likeness (QED) is 0.338. The van der Waals surface area contributed by atoms with Crippen molar-refractivity contribution in [3.05, 3.63) is 95.8 Å². The van der Waals surface area contributed by atoms with E-state index in [4.69, 9.17) is 0 Å². The molecule has 0 saturated carbocycles. The molecule has 1 heterocycles. The van der Waals surface area contributed by atoms with Crippen LogP contribution in [0.25, 0.3) is 26.6 Å². The van der Waals surface area contributed by atoms with E-state index in [9.17, 15) is 0 Å². The normalized spacial score (nSPS) is 13.9. The summed E-state index contributed by atoms with van der Waals surface area (Å²) in [6.07, 6.45) is 13.9. The van der Waals surface area contributed by atoms with E-state index < -0.39 is 0 Å². The van der Waals surface area contributed by atoms with Crippen LogP contribution >= 0.6 is 7.53 Å². The molecule has 0 aliphatic heterocycles. The third-order valence-corrected chi connectivity index (χ3v) is 8.06. The predicted octanol–water partition coefficient (Wildman–Crippen LogP) is 1.49. The Morgan fingerprint density at radius 3 is 2.45 bits per heavy atom. The fraction of sp³-hybridized carbons (Fsp3) is 0.160. The topological polar surface area (TPSA) is 0 Å². The summed E-state index contributed by atoms with van der Waals surface area (Å²) in [4.78, 5) is 0. The van der Waals surface area contributed by atoms with Gasteiger partial charge in [0.25, 0.3) is 0 Å². The molecule has 1 atom stereocenters. The summed E-state index contributed by atoms with van der Waals surface area (Å²) in [5.41, 5.74) is 1.67. The summed E-state index contributed by atoms with van der Waals surface area (Å²) in [5.74, 6) is 0. The summed E-state index contributed by atoms with van der Waals surface area (Å²) in [5, 5.41) is 9.21. The van der Waals surface area contributed by atoms with E-state index in [-0.39, 0.29) is 58.6 Å². The van der Waals surface area contributed by atoms with Crippen LogP contribution in [0.4, 0.5) is 0 Å². The number of rotatable bonds is 1. The van der Waals surface area contributed by atoms with Crippen LogP contribution in [-0.4, -0.2) is 0 Å². The summed E-state index contributed by atoms with van der Waals surface area (Å²) < 4.78 is 0. The van der Waals surface area contributed by atoms with Gasteiger partial charge in [0.2, 0.25) is 0 Å². The molecule has 0 bridgehead atoms. The third-order valence-electron chi connectivity index (χ3n) is 5.38. The summed E-state index contributed by atoms with van der Waals surface area (Å²) in [6, 6.07) is 22.7. The van der Waals surface area contributed by atoms with Crippen LogP contribution < -0.4 is 24.8 Å². The van der Waals surface area contributed by atoms with E-state index in [1.165, 1.54) is 30.0 Å². The first kappa shape index (κ1) is 24.3. The molecule has 29 heavy (non-hydrogen) atoms. The molecule has 0 amide bonds. The number of allylic oxidation sites excluding steroid dienone is 4. The van der Waals surface area contributed by atoms with Gasteiger partial charge < -0.3 is 24.8 Å². The maximum atomic E-state index is 2.99. The van der Waals surface area contributed by atoms with E-state index in [0.29, 0.717) is 0 Å². The molecule has 1 aromatic heterocycles. The predicted molar refractivity (Wildman–Crippen MR) is 115 cm³/mol. The van der Waals surface area contributed by atoms with Crippen molar-refractivity contribution in [3.63, 3.8) is 0 Å². The van der Waals surface area contributed by atoms with Crippen molar-refractivity contribution in [2.75, 3.05) is 0 Å². The Morgan fingerprint density at radius 1 is 0.931 bits per heavy atom. The van der Waals surface area contributed by atoms with Gasteiger partial charge in [0.15, 0.2) is 0 Å². The first-order valence-electron chi connectivity index (χ1n) is 9.40. The van der Waals surface area contributed by atoms with Gasteiger partial charge in [0.1, 0.15) is 0 Å². The van der Waals surface area contributed by atoms with Crippen molar-refractivity contribution < 1.29 is 51.0 Å². The number of hydrogen-bond acceptors (Lipinski definition) is 0. The molecule has 6 rings (SSSR count). The average Bonchev–Trinajstić information content (AvgIpc) is 3.45. The van der Waals surface area contributed by atoms with Crippen molar-refractivity contribution in [1.29, 1.82) is 0 Å². The van der Waals surface area contributed by atoms with Crippen LogP contribution in [0.2, 0.25) is 0 Å². The fourth-order valence-electron chi connectivity index (χ4n) is 4.23. The van der Waals surface area contributed by atoms with E-state index in [1.807, 2.05) is 12.2 Å². The van der Waals surface area contributed by atoms with Gasteiger partial charge in [-0.05, 0) is 35.5 Å². The minimum absolute atomic E-state index is 0. The SMILES string of the molecule is [C-]1=CC=CC1.[Cl-].[Cl-].[Zr+4].c1ccc2[cH-]c(-p3c4c(c5ccccc53)CCC4)cc2c1. The fourth-order valence-corrected chi connectivity index (χ4v) is 7.22. The minimum Gasteiger partial charge on any atom is -1.00 e. The van der Waals surface area contributed by atoms with Gasteiger partial charge in [-0.1, -0.05) is 35.6 Å². The number of aryl methyl sites for hydroxylation is 1. The van der Waals surface area contributed by atoms with Gasteiger partial charge in [-0.2, -0.15) is 12.1 Å².